The minimum atomic E-state index is -0.684. The lowest BCUT2D eigenvalue weighted by Gasteiger charge is -2.42. The Morgan fingerprint density at radius 1 is 1.12 bits per heavy atom. The lowest BCUT2D eigenvalue weighted by molar-refractivity contribution is -0.134. The highest BCUT2D eigenvalue weighted by Crippen LogP contribution is 2.45. The van der Waals surface area contributed by atoms with E-state index in [1.807, 2.05) is 0 Å². The molecular weight excluding hydrogens is 572 g/mol. The van der Waals surface area contributed by atoms with Crippen LogP contribution in [0.3, 0.4) is 0 Å². The van der Waals surface area contributed by atoms with Gasteiger partial charge < -0.3 is 20.3 Å². The highest BCUT2D eigenvalue weighted by Gasteiger charge is 2.55. The van der Waals surface area contributed by atoms with E-state index in [4.69, 9.17) is 22.1 Å². The second kappa shape index (κ2) is 9.07. The normalized spacial score (nSPS) is 25.4. The van der Waals surface area contributed by atoms with Crippen molar-refractivity contribution < 1.29 is 18.3 Å². The topological polar surface area (TPSA) is 119 Å². The maximum absolute atomic E-state index is 16.4. The predicted molar refractivity (Wildman–Crippen MR) is 153 cm³/mol. The number of fused-ring (bicyclic) bond motifs is 4. The van der Waals surface area contributed by atoms with Gasteiger partial charge in [-0.2, -0.15) is 9.97 Å². The van der Waals surface area contributed by atoms with Crippen LogP contribution in [0.5, 0.6) is 6.01 Å². The third-order valence-corrected chi connectivity index (χ3v) is 10.1. The Morgan fingerprint density at radius 2 is 1.88 bits per heavy atom. The molecule has 1 aliphatic carbocycles. The molecule has 2 bridgehead atoms. The van der Waals surface area contributed by atoms with E-state index in [-0.39, 0.29) is 61.5 Å². The first-order valence-corrected chi connectivity index (χ1v) is 14.9. The van der Waals surface area contributed by atoms with Gasteiger partial charge in [0, 0.05) is 47.7 Å². The van der Waals surface area contributed by atoms with Gasteiger partial charge in [0.1, 0.15) is 23.2 Å². The van der Waals surface area contributed by atoms with Crippen LogP contribution in [-0.2, 0) is 4.79 Å². The molecule has 4 aliphatic rings. The zero-order chi connectivity index (χ0) is 28.2. The molecule has 212 valence electrons. The van der Waals surface area contributed by atoms with Crippen LogP contribution >= 0.6 is 22.9 Å². The molecule has 3 saturated heterocycles. The summed E-state index contributed by atoms with van der Waals surface area (Å²) >= 11 is 7.73. The maximum Gasteiger partial charge on any atom is 0.318 e. The van der Waals surface area contributed by atoms with Gasteiger partial charge in [-0.3, -0.25) is 10.1 Å². The first kappa shape index (κ1) is 25.4. The van der Waals surface area contributed by atoms with Crippen LogP contribution < -0.4 is 20.7 Å². The number of rotatable bonds is 5. The summed E-state index contributed by atoms with van der Waals surface area (Å²) in [6.45, 7) is 1.13. The number of carbonyl (C=O) groups excluding carboxylic acids is 1. The van der Waals surface area contributed by atoms with Crippen molar-refractivity contribution >= 4 is 60.9 Å². The SMILES string of the molecule is COc1nc(N2CC3CCC(C2)N3C(=O)[C@@H]2N[C@H]2C2CC2)c2cc(Cl)c(-c3ccc(F)c4sc(N)nc34)c(F)c2n1. The largest absolute Gasteiger partial charge is 0.467 e. The van der Waals surface area contributed by atoms with Gasteiger partial charge in [0.2, 0.25) is 5.91 Å². The maximum atomic E-state index is 16.4. The Kier molecular flexibility index (Phi) is 5.61. The Morgan fingerprint density at radius 3 is 2.59 bits per heavy atom. The number of amides is 1. The van der Waals surface area contributed by atoms with E-state index < -0.39 is 11.6 Å². The summed E-state index contributed by atoms with van der Waals surface area (Å²) in [6.07, 6.45) is 4.22. The summed E-state index contributed by atoms with van der Waals surface area (Å²) in [6, 6.07) is 4.71. The van der Waals surface area contributed by atoms with E-state index in [1.165, 1.54) is 32.1 Å². The molecule has 41 heavy (non-hydrogen) atoms. The average Bonchev–Trinajstić information content (AvgIpc) is 3.87. The monoisotopic (exact) mass is 597 g/mol. The fraction of sp³-hybridized carbons (Fsp3) is 0.429. The molecule has 4 aromatic rings. The van der Waals surface area contributed by atoms with E-state index >= 15 is 4.39 Å². The molecular formula is C28H26ClF2N7O2S. The number of aromatic nitrogens is 3. The summed E-state index contributed by atoms with van der Waals surface area (Å²) in [7, 11) is 1.43. The molecule has 2 unspecified atom stereocenters. The number of methoxy groups -OCH3 is 1. The van der Waals surface area contributed by atoms with Crippen LogP contribution in [0, 0.1) is 17.6 Å². The lowest BCUT2D eigenvalue weighted by Crippen LogP contribution is -2.57. The standard InChI is InChI=1S/C28H26ClF2N7O2S/c1-40-28-35-21-15(8-16(29)18(19(21)31)14-6-7-17(30)24-22(14)34-27(32)41-24)25(36-28)37-9-12-4-5-13(10-37)38(12)26(39)23-20(33-23)11-2-3-11/h6-8,11-13,20,23,33H,2-5,9-10H2,1H3,(H2,32,34)/t12?,13?,20-,23+/m0/s1. The Labute approximate surface area is 242 Å². The second-order valence-corrected chi connectivity index (χ2v) is 12.8. The van der Waals surface area contributed by atoms with Gasteiger partial charge >= 0.3 is 6.01 Å². The van der Waals surface area contributed by atoms with Crippen LogP contribution in [-0.4, -0.2) is 70.1 Å². The van der Waals surface area contributed by atoms with Crippen molar-refractivity contribution in [1.82, 2.24) is 25.2 Å². The molecule has 2 aromatic heterocycles. The second-order valence-electron chi connectivity index (χ2n) is 11.3. The van der Waals surface area contributed by atoms with Crippen LogP contribution in [0.25, 0.3) is 32.2 Å². The third-order valence-electron chi connectivity index (χ3n) is 8.86. The first-order valence-electron chi connectivity index (χ1n) is 13.7. The van der Waals surface area contributed by atoms with Crippen molar-refractivity contribution in [3.05, 3.63) is 34.9 Å². The van der Waals surface area contributed by atoms with Crippen LogP contribution in [0.2, 0.25) is 5.02 Å². The summed E-state index contributed by atoms with van der Waals surface area (Å²) in [5, 5.41) is 4.12. The van der Waals surface area contributed by atoms with E-state index in [0.29, 0.717) is 41.8 Å². The number of thiazole rings is 1. The van der Waals surface area contributed by atoms with Crippen molar-refractivity contribution in [2.24, 2.45) is 5.92 Å². The van der Waals surface area contributed by atoms with Gasteiger partial charge in [-0.1, -0.05) is 22.9 Å². The number of benzene rings is 2. The van der Waals surface area contributed by atoms with Crippen molar-refractivity contribution in [3.8, 4) is 17.1 Å². The molecule has 5 heterocycles. The lowest BCUT2D eigenvalue weighted by atomic mass is 10.0. The molecule has 0 radical (unpaired) electrons. The van der Waals surface area contributed by atoms with Crippen molar-refractivity contribution in [3.63, 3.8) is 0 Å². The van der Waals surface area contributed by atoms with Gasteiger partial charge in [0.15, 0.2) is 10.9 Å². The quantitative estimate of drug-likeness (QED) is 0.326. The van der Waals surface area contributed by atoms with Gasteiger partial charge in [-0.25, -0.2) is 13.8 Å². The molecule has 2 aromatic carbocycles. The Hall–Kier alpha value is -3.35. The number of hydrogen-bond acceptors (Lipinski definition) is 9. The number of nitrogens with one attached hydrogen (secondary N) is 1. The van der Waals surface area contributed by atoms with E-state index in [2.05, 4.69) is 30.1 Å². The van der Waals surface area contributed by atoms with Crippen molar-refractivity contribution in [2.45, 2.75) is 49.9 Å². The summed E-state index contributed by atoms with van der Waals surface area (Å²) < 4.78 is 36.5. The van der Waals surface area contributed by atoms with Gasteiger partial charge in [-0.05, 0) is 49.8 Å². The van der Waals surface area contributed by atoms with Gasteiger partial charge in [0.05, 0.1) is 22.3 Å². The van der Waals surface area contributed by atoms with Crippen LogP contribution in [0.1, 0.15) is 25.7 Å². The zero-order valence-electron chi connectivity index (χ0n) is 22.0. The first-order chi connectivity index (χ1) is 19.8. The number of anilines is 2. The summed E-state index contributed by atoms with van der Waals surface area (Å²) in [4.78, 5) is 30.8. The number of carbonyl (C=O) groups is 1. The predicted octanol–water partition coefficient (Wildman–Crippen LogP) is 4.36. The molecule has 3 aliphatic heterocycles. The minimum absolute atomic E-state index is 0.0159. The smallest absolute Gasteiger partial charge is 0.318 e. The van der Waals surface area contributed by atoms with Crippen LogP contribution in [0.15, 0.2) is 18.2 Å². The van der Waals surface area contributed by atoms with Gasteiger partial charge in [-0.15, -0.1) is 0 Å². The molecule has 9 nitrogen and oxygen atoms in total. The Bertz CT molecular complexity index is 1750. The van der Waals surface area contributed by atoms with Crippen molar-refractivity contribution in [1.29, 1.82) is 0 Å². The number of nitrogens with zero attached hydrogens (tertiary/aromatic N) is 5. The number of halogens is 3. The Balaban J connectivity index is 1.18. The average molecular weight is 598 g/mol. The zero-order valence-corrected chi connectivity index (χ0v) is 23.6. The van der Waals surface area contributed by atoms with Crippen molar-refractivity contribution in [2.75, 3.05) is 30.8 Å². The van der Waals surface area contributed by atoms with E-state index in [0.717, 1.165) is 24.2 Å². The van der Waals surface area contributed by atoms with E-state index in [1.54, 1.807) is 6.07 Å². The fourth-order valence-corrected chi connectivity index (χ4v) is 7.83. The molecule has 1 amide bonds. The molecule has 0 spiro atoms. The number of nitrogens with two attached hydrogens (primary N) is 1. The van der Waals surface area contributed by atoms with Crippen LogP contribution in [0.4, 0.5) is 19.7 Å². The number of nitrogen functional groups attached to an aromatic ring is 1. The van der Waals surface area contributed by atoms with E-state index in [9.17, 15) is 9.18 Å². The number of ether oxygens (including phenoxy) is 1. The molecule has 13 heteroatoms. The molecule has 8 rings (SSSR count). The fourth-order valence-electron chi connectivity index (χ4n) is 6.77. The highest BCUT2D eigenvalue weighted by atomic mass is 35.5. The molecule has 1 saturated carbocycles. The molecule has 3 N–H and O–H groups in total. The number of piperazine rings is 1. The number of hydrogen-bond donors (Lipinski definition) is 2. The highest BCUT2D eigenvalue weighted by molar-refractivity contribution is 7.22. The molecule has 4 fully saturated rings. The summed E-state index contributed by atoms with van der Waals surface area (Å²) in [5.41, 5.74) is 6.50. The third kappa shape index (κ3) is 3.94. The van der Waals surface area contributed by atoms with Gasteiger partial charge in [0.25, 0.3) is 0 Å². The minimum Gasteiger partial charge on any atom is -0.467 e. The molecule has 4 atom stereocenters. The summed E-state index contributed by atoms with van der Waals surface area (Å²) in [5.74, 6) is 0.175.